The Balaban J connectivity index is 0.874. The number of nitrogens with zero attached hydrogens (tertiary/aromatic N) is 3. The van der Waals surface area contributed by atoms with Crippen LogP contribution in [-0.4, -0.2) is 19.9 Å². The summed E-state index contributed by atoms with van der Waals surface area (Å²) in [7, 11) is 0. The molecule has 8 heterocycles. The van der Waals surface area contributed by atoms with Crippen molar-refractivity contribution in [3.05, 3.63) is 212 Å². The summed E-state index contributed by atoms with van der Waals surface area (Å²) in [6, 6.07) is 80.2. The first kappa shape index (κ1) is 36.9. The minimum Gasteiger partial charge on any atom is -0.456 e. The molecule has 6 heteroatoms. The molecule has 0 saturated carbocycles. The lowest BCUT2D eigenvalue weighted by atomic mass is 9.50. The first-order valence-electron chi connectivity index (χ1n) is 25.1. The number of hydrogen-bond acceptors (Lipinski definition) is 1. The normalized spacial score (nSPS) is 15.0. The maximum atomic E-state index is 6.69. The number of hydrogen-bond donors (Lipinski definition) is 1. The molecule has 0 aliphatic carbocycles. The molecule has 1 atom stereocenters. The van der Waals surface area contributed by atoms with E-state index in [1.807, 2.05) is 0 Å². The largest absolute Gasteiger partial charge is 0.456 e. The van der Waals surface area contributed by atoms with Gasteiger partial charge in [0.05, 0.1) is 22.1 Å². The van der Waals surface area contributed by atoms with Crippen molar-refractivity contribution in [3.8, 4) is 61.3 Å². The number of para-hydroxylation sites is 6. The van der Waals surface area contributed by atoms with Crippen LogP contribution in [0, 0.1) is 0 Å². The Hall–Kier alpha value is -8.97. The highest BCUT2D eigenvalue weighted by Gasteiger charge is 2.44. The van der Waals surface area contributed by atoms with Gasteiger partial charge in [0.2, 0.25) is 0 Å². The van der Waals surface area contributed by atoms with E-state index < -0.39 is 11.1 Å². The molecule has 11 aromatic carbocycles. The second-order valence-electron chi connectivity index (χ2n) is 20.2. The van der Waals surface area contributed by atoms with E-state index in [9.17, 15) is 0 Å². The van der Waals surface area contributed by atoms with Crippen LogP contribution in [0.5, 0.6) is 0 Å². The summed E-state index contributed by atoms with van der Waals surface area (Å²) < 4.78 is 14.6. The third kappa shape index (κ3) is 4.16. The van der Waals surface area contributed by atoms with Crippen molar-refractivity contribution >= 4 is 116 Å². The number of aromatic nitrogens is 3. The van der Waals surface area contributed by atoms with Gasteiger partial charge in [0.1, 0.15) is 11.2 Å². The summed E-state index contributed by atoms with van der Waals surface area (Å²) in [4.78, 5) is 2.92. The Bertz CT molecular complexity index is 5080. The molecule has 0 amide bonds. The zero-order valence-corrected chi connectivity index (χ0v) is 39.4. The Kier molecular flexibility index (Phi) is 6.50. The summed E-state index contributed by atoms with van der Waals surface area (Å²) in [5.74, 6) is 0. The molecule has 15 aromatic rings. The predicted molar refractivity (Wildman–Crippen MR) is 303 cm³/mol. The minimum absolute atomic E-state index is 0.00117. The number of furan rings is 1. The van der Waals surface area contributed by atoms with Gasteiger partial charge in [-0.1, -0.05) is 158 Å². The van der Waals surface area contributed by atoms with Crippen LogP contribution in [0.3, 0.4) is 0 Å². The van der Waals surface area contributed by atoms with Crippen LogP contribution in [0.2, 0.25) is 0 Å². The van der Waals surface area contributed by atoms with E-state index in [-0.39, 0.29) is 6.85 Å². The Morgan fingerprint density at radius 1 is 0.389 bits per heavy atom. The standard InChI is InChI=1S/C66H36BN3OS/c1-6-26-52-39(15-1)42-19-10-21-44-41-30-29-38(61-62-50(67(63(41)61)69(52)64(42)44)31-33-56-59(62)48-18-4-8-28-55(48)71-56)36-13-9-14-37(35-36)68-51-25-5-3-17-47(51)58-54(68)32-34-57-60(58)49-24-12-23-46-45-22-11-20-43-40-16-2-7-27-53(40)70(65(43)45)72(57)66(46)49/h1-35,72H. The van der Waals surface area contributed by atoms with E-state index in [1.54, 1.807) is 0 Å². The van der Waals surface area contributed by atoms with Crippen molar-refractivity contribution in [2.45, 2.75) is 9.79 Å². The van der Waals surface area contributed by atoms with Crippen molar-refractivity contribution in [3.63, 3.8) is 0 Å². The maximum absolute atomic E-state index is 6.69. The smallest absolute Gasteiger partial charge is 0.330 e. The molecule has 0 spiro atoms. The third-order valence-electron chi connectivity index (χ3n) is 17.1. The maximum Gasteiger partial charge on any atom is 0.330 e. The van der Waals surface area contributed by atoms with E-state index in [0.29, 0.717) is 0 Å². The fourth-order valence-corrected chi connectivity index (χ4v) is 17.4. The van der Waals surface area contributed by atoms with Crippen LogP contribution in [0.1, 0.15) is 0 Å². The molecule has 4 aliphatic heterocycles. The lowest BCUT2D eigenvalue weighted by Gasteiger charge is -2.30. The summed E-state index contributed by atoms with van der Waals surface area (Å²) in [6.45, 7) is 0.00117. The average molecular weight is 930 g/mol. The first-order valence-corrected chi connectivity index (χ1v) is 26.3. The molecule has 4 nitrogen and oxygen atoms in total. The third-order valence-corrected chi connectivity index (χ3v) is 19.6. The Labute approximate surface area is 414 Å². The molecule has 330 valence electrons. The number of thiol groups is 1. The quantitative estimate of drug-likeness (QED) is 0.136. The van der Waals surface area contributed by atoms with Crippen molar-refractivity contribution < 1.29 is 4.42 Å². The van der Waals surface area contributed by atoms with Gasteiger partial charge in [-0.25, -0.2) is 0 Å². The lowest BCUT2D eigenvalue weighted by molar-refractivity contribution is 0.669. The van der Waals surface area contributed by atoms with Gasteiger partial charge < -0.3 is 13.5 Å². The van der Waals surface area contributed by atoms with Crippen LogP contribution in [0.15, 0.2) is 227 Å². The molecule has 0 saturated heterocycles. The fraction of sp³-hybridized carbons (Fsp3) is 0. The van der Waals surface area contributed by atoms with Gasteiger partial charge in [0.15, 0.2) is 0 Å². The van der Waals surface area contributed by atoms with Gasteiger partial charge in [-0.2, -0.15) is 0 Å². The van der Waals surface area contributed by atoms with Crippen molar-refractivity contribution in [1.82, 2.24) is 13.0 Å². The van der Waals surface area contributed by atoms with Crippen molar-refractivity contribution in [2.75, 3.05) is 0 Å². The number of rotatable bonds is 2. The minimum atomic E-state index is -0.868. The summed E-state index contributed by atoms with van der Waals surface area (Å²) in [5, 5.41) is 10.2. The van der Waals surface area contributed by atoms with Crippen molar-refractivity contribution in [2.24, 2.45) is 0 Å². The van der Waals surface area contributed by atoms with Crippen LogP contribution in [0.4, 0.5) is 0 Å². The molecule has 1 unspecified atom stereocenters. The molecular weight excluding hydrogens is 894 g/mol. The molecule has 0 N–H and O–H groups in total. The lowest BCUT2D eigenvalue weighted by Crippen LogP contribution is -2.47. The molecule has 0 radical (unpaired) electrons. The Morgan fingerprint density at radius 2 is 1.06 bits per heavy atom. The Morgan fingerprint density at radius 3 is 1.93 bits per heavy atom. The number of benzene rings is 11. The average Bonchev–Trinajstić information content (AvgIpc) is 4.29. The second kappa shape index (κ2) is 12.7. The molecule has 72 heavy (non-hydrogen) atoms. The molecule has 19 rings (SSSR count). The zero-order chi connectivity index (χ0) is 46.2. The van der Waals surface area contributed by atoms with Gasteiger partial charge >= 0.3 is 6.85 Å². The number of fused-ring (bicyclic) bond motifs is 24. The van der Waals surface area contributed by atoms with Crippen LogP contribution < -0.4 is 10.9 Å². The highest BCUT2D eigenvalue weighted by Crippen LogP contribution is 2.68. The first-order chi connectivity index (χ1) is 35.8. The van der Waals surface area contributed by atoms with Gasteiger partial charge in [-0.3, -0.25) is 3.97 Å². The summed E-state index contributed by atoms with van der Waals surface area (Å²) >= 11 is -0.868. The van der Waals surface area contributed by atoms with E-state index in [0.717, 1.165) is 22.2 Å². The fourth-order valence-electron chi connectivity index (χ4n) is 14.5. The van der Waals surface area contributed by atoms with E-state index in [4.69, 9.17) is 4.42 Å². The molecule has 0 fully saturated rings. The van der Waals surface area contributed by atoms with Crippen LogP contribution in [-0.2, 0) is 0 Å². The zero-order valence-electron chi connectivity index (χ0n) is 38.5. The molecule has 4 aliphatic rings. The molecular formula is C66H36BN3OS. The van der Waals surface area contributed by atoms with Gasteiger partial charge in [0, 0.05) is 86.3 Å². The second-order valence-corrected chi connectivity index (χ2v) is 22.2. The van der Waals surface area contributed by atoms with E-state index >= 15 is 0 Å². The van der Waals surface area contributed by atoms with E-state index in [2.05, 4.69) is 225 Å². The van der Waals surface area contributed by atoms with Crippen LogP contribution in [0.25, 0.3) is 149 Å². The van der Waals surface area contributed by atoms with Gasteiger partial charge in [0.25, 0.3) is 0 Å². The van der Waals surface area contributed by atoms with Crippen molar-refractivity contribution in [1.29, 1.82) is 0 Å². The van der Waals surface area contributed by atoms with Crippen LogP contribution >= 0.6 is 11.1 Å². The SMILES string of the molecule is c1cc(-c2ccc3c4c2-c2c(ccc5oc6ccccc6c25)B4n2c4ccccc4c4cccc-3c42)cc(-n2c3ccccc3c3c4c(ccc32)[SH]2c3c-4cccc3-c3cccc4c5ccccc5n2c34)c1. The molecule has 4 aromatic heterocycles. The van der Waals surface area contributed by atoms with Gasteiger partial charge in [-0.05, 0) is 104 Å². The highest BCUT2D eigenvalue weighted by atomic mass is 32.2. The van der Waals surface area contributed by atoms with Gasteiger partial charge in [-0.15, -0.1) is 11.1 Å². The predicted octanol–water partition coefficient (Wildman–Crippen LogP) is 16.0. The monoisotopic (exact) mass is 929 g/mol. The summed E-state index contributed by atoms with van der Waals surface area (Å²) in [6.07, 6.45) is 0. The molecule has 0 bridgehead atoms. The summed E-state index contributed by atoms with van der Waals surface area (Å²) in [5.41, 5.74) is 26.5. The highest BCUT2D eigenvalue weighted by molar-refractivity contribution is 8.16. The topological polar surface area (TPSA) is 27.9 Å². The van der Waals surface area contributed by atoms with E-state index in [1.165, 1.54) is 147 Å².